The summed E-state index contributed by atoms with van der Waals surface area (Å²) in [5.41, 5.74) is 0. The lowest BCUT2D eigenvalue weighted by molar-refractivity contribution is -0.169. The Bertz CT molecular complexity index is 304. The molecule has 6 heteroatoms. The van der Waals surface area contributed by atoms with Gasteiger partial charge in [-0.2, -0.15) is 0 Å². The van der Waals surface area contributed by atoms with Crippen LogP contribution >= 0.6 is 0 Å². The number of hydrogen-bond donors (Lipinski definition) is 0. The summed E-state index contributed by atoms with van der Waals surface area (Å²) in [6.45, 7) is 5.79. The summed E-state index contributed by atoms with van der Waals surface area (Å²) < 4.78 is 26.9. The lowest BCUT2D eigenvalue weighted by atomic mass is 10.1. The minimum absolute atomic E-state index is 0.0602. The number of ether oxygens (including phenoxy) is 5. The predicted octanol–water partition coefficient (Wildman–Crippen LogP) is 3.47. The van der Waals surface area contributed by atoms with Crippen LogP contribution in [0.1, 0.15) is 64.7 Å². The fourth-order valence-electron chi connectivity index (χ4n) is 2.56. The highest BCUT2D eigenvalue weighted by atomic mass is 16.7. The second-order valence-corrected chi connectivity index (χ2v) is 6.28. The highest BCUT2D eigenvalue weighted by Crippen LogP contribution is 2.13. The molecule has 25 heavy (non-hydrogen) atoms. The van der Waals surface area contributed by atoms with Crippen molar-refractivity contribution in [3.8, 4) is 0 Å². The van der Waals surface area contributed by atoms with Gasteiger partial charge < -0.3 is 23.7 Å². The van der Waals surface area contributed by atoms with E-state index >= 15 is 0 Å². The lowest BCUT2D eigenvalue weighted by Crippen LogP contribution is -2.24. The van der Waals surface area contributed by atoms with Crippen LogP contribution in [0.2, 0.25) is 0 Å². The molecule has 0 bridgehead atoms. The fraction of sp³-hybridized carbons (Fsp3) is 0.947. The maximum Gasteiger partial charge on any atom is 0.305 e. The molecule has 0 saturated carbocycles. The Kier molecular flexibility index (Phi) is 15.0. The van der Waals surface area contributed by atoms with Crippen LogP contribution in [0.5, 0.6) is 0 Å². The first-order chi connectivity index (χ1) is 12.3. The Labute approximate surface area is 152 Å². The van der Waals surface area contributed by atoms with E-state index in [0.29, 0.717) is 46.1 Å². The molecule has 0 spiro atoms. The number of esters is 1. The van der Waals surface area contributed by atoms with E-state index in [2.05, 4.69) is 6.92 Å². The molecule has 0 aromatic heterocycles. The van der Waals surface area contributed by atoms with Crippen LogP contribution in [-0.2, 0) is 28.5 Å². The van der Waals surface area contributed by atoms with Gasteiger partial charge in [0.2, 0.25) is 0 Å². The molecule has 1 atom stereocenters. The van der Waals surface area contributed by atoms with Gasteiger partial charge in [-0.1, -0.05) is 32.6 Å². The van der Waals surface area contributed by atoms with Gasteiger partial charge >= 0.3 is 5.97 Å². The van der Waals surface area contributed by atoms with Gasteiger partial charge in [-0.15, -0.1) is 0 Å². The zero-order valence-corrected chi connectivity index (χ0v) is 15.8. The first-order valence-electron chi connectivity index (χ1n) is 9.87. The monoisotopic (exact) mass is 360 g/mol. The Morgan fingerprint density at radius 1 is 0.920 bits per heavy atom. The molecule has 1 saturated heterocycles. The molecular weight excluding hydrogens is 324 g/mol. The zero-order chi connectivity index (χ0) is 18.0. The van der Waals surface area contributed by atoms with Crippen LogP contribution in [0.15, 0.2) is 0 Å². The third kappa shape index (κ3) is 14.2. The molecule has 1 aliphatic heterocycles. The third-order valence-corrected chi connectivity index (χ3v) is 4.02. The predicted molar refractivity (Wildman–Crippen MR) is 95.5 cm³/mol. The summed E-state index contributed by atoms with van der Waals surface area (Å²) in [6.07, 6.45) is 9.40. The Morgan fingerprint density at radius 3 is 2.36 bits per heavy atom. The van der Waals surface area contributed by atoms with Gasteiger partial charge in [-0.05, 0) is 25.7 Å². The van der Waals surface area contributed by atoms with Crippen LogP contribution < -0.4 is 0 Å². The first-order valence-corrected chi connectivity index (χ1v) is 9.87. The molecule has 0 N–H and O–H groups in total. The summed E-state index contributed by atoms with van der Waals surface area (Å²) in [5, 5.41) is 0. The SMILES string of the molecule is CCCCCCCC(=O)OCCOCCOCCOC1CCCCO1. The standard InChI is InChI=1S/C19H36O6/c1-2-3-4-5-6-9-18(20)23-16-14-21-12-13-22-15-17-25-19-10-7-8-11-24-19/h19H,2-17H2,1H3. The molecule has 1 aliphatic rings. The second-order valence-electron chi connectivity index (χ2n) is 6.28. The molecule has 0 aromatic carbocycles. The number of carbonyl (C=O) groups is 1. The van der Waals surface area contributed by atoms with E-state index in [1.54, 1.807) is 0 Å². The summed E-state index contributed by atoms with van der Waals surface area (Å²) in [6, 6.07) is 0. The fourth-order valence-corrected chi connectivity index (χ4v) is 2.56. The molecule has 1 fully saturated rings. The summed E-state index contributed by atoms with van der Waals surface area (Å²) in [4.78, 5) is 11.5. The van der Waals surface area contributed by atoms with Gasteiger partial charge in [0, 0.05) is 13.0 Å². The van der Waals surface area contributed by atoms with Crippen LogP contribution in [0.3, 0.4) is 0 Å². The largest absolute Gasteiger partial charge is 0.463 e. The molecule has 148 valence electrons. The molecule has 0 aromatic rings. The number of unbranched alkanes of at least 4 members (excludes halogenated alkanes) is 4. The maximum atomic E-state index is 11.5. The average molecular weight is 360 g/mol. The van der Waals surface area contributed by atoms with Crippen molar-refractivity contribution in [3.05, 3.63) is 0 Å². The van der Waals surface area contributed by atoms with E-state index in [4.69, 9.17) is 23.7 Å². The number of rotatable bonds is 16. The van der Waals surface area contributed by atoms with Crippen LogP contribution in [0.25, 0.3) is 0 Å². The maximum absolute atomic E-state index is 11.5. The minimum Gasteiger partial charge on any atom is -0.463 e. The van der Waals surface area contributed by atoms with E-state index in [1.807, 2.05) is 0 Å². The van der Waals surface area contributed by atoms with Gasteiger partial charge in [0.25, 0.3) is 0 Å². The molecule has 1 unspecified atom stereocenters. The zero-order valence-electron chi connectivity index (χ0n) is 15.8. The topological polar surface area (TPSA) is 63.2 Å². The summed E-state index contributed by atoms with van der Waals surface area (Å²) in [7, 11) is 0. The quantitative estimate of drug-likeness (QED) is 0.310. The van der Waals surface area contributed by atoms with E-state index in [-0.39, 0.29) is 12.3 Å². The molecule has 0 aliphatic carbocycles. The second kappa shape index (κ2) is 16.8. The van der Waals surface area contributed by atoms with Crippen LogP contribution in [0, 0.1) is 0 Å². The van der Waals surface area contributed by atoms with Gasteiger partial charge in [-0.3, -0.25) is 4.79 Å². The van der Waals surface area contributed by atoms with Crippen LogP contribution in [-0.4, -0.2) is 58.5 Å². The van der Waals surface area contributed by atoms with Gasteiger partial charge in [-0.25, -0.2) is 0 Å². The van der Waals surface area contributed by atoms with Crippen molar-refractivity contribution in [3.63, 3.8) is 0 Å². The summed E-state index contributed by atoms with van der Waals surface area (Å²) in [5.74, 6) is -0.126. The van der Waals surface area contributed by atoms with Crippen molar-refractivity contribution < 1.29 is 28.5 Å². The normalized spacial score (nSPS) is 17.6. The van der Waals surface area contributed by atoms with Crippen molar-refractivity contribution in [1.82, 2.24) is 0 Å². The molecule has 6 nitrogen and oxygen atoms in total. The van der Waals surface area contributed by atoms with Crippen molar-refractivity contribution in [2.45, 2.75) is 71.0 Å². The summed E-state index contributed by atoms with van der Waals surface area (Å²) >= 11 is 0. The molecular formula is C19H36O6. The Balaban J connectivity index is 1.74. The molecule has 1 rings (SSSR count). The highest BCUT2D eigenvalue weighted by Gasteiger charge is 2.13. The van der Waals surface area contributed by atoms with E-state index in [9.17, 15) is 4.79 Å². The Hall–Kier alpha value is -0.690. The Morgan fingerprint density at radius 2 is 1.64 bits per heavy atom. The minimum atomic E-state index is -0.126. The van der Waals surface area contributed by atoms with Crippen molar-refractivity contribution in [2.75, 3.05) is 46.2 Å². The smallest absolute Gasteiger partial charge is 0.305 e. The number of hydrogen-bond acceptors (Lipinski definition) is 6. The number of carbonyl (C=O) groups excluding carboxylic acids is 1. The van der Waals surface area contributed by atoms with Crippen molar-refractivity contribution in [2.24, 2.45) is 0 Å². The van der Waals surface area contributed by atoms with E-state index < -0.39 is 0 Å². The molecule has 0 radical (unpaired) electrons. The first kappa shape index (κ1) is 22.4. The van der Waals surface area contributed by atoms with Crippen molar-refractivity contribution >= 4 is 5.97 Å². The van der Waals surface area contributed by atoms with Gasteiger partial charge in [0.15, 0.2) is 6.29 Å². The molecule has 0 amide bonds. The van der Waals surface area contributed by atoms with Gasteiger partial charge in [0.1, 0.15) is 6.61 Å². The molecule has 1 heterocycles. The average Bonchev–Trinajstić information content (AvgIpc) is 2.64. The van der Waals surface area contributed by atoms with Crippen LogP contribution in [0.4, 0.5) is 0 Å². The van der Waals surface area contributed by atoms with Gasteiger partial charge in [0.05, 0.1) is 33.0 Å². The van der Waals surface area contributed by atoms with Crippen molar-refractivity contribution in [1.29, 1.82) is 0 Å². The lowest BCUT2D eigenvalue weighted by Gasteiger charge is -2.22. The van der Waals surface area contributed by atoms with E-state index in [1.165, 1.54) is 25.7 Å². The third-order valence-electron chi connectivity index (χ3n) is 4.02. The highest BCUT2D eigenvalue weighted by molar-refractivity contribution is 5.69. The van der Waals surface area contributed by atoms with E-state index in [0.717, 1.165) is 32.3 Å².